The molecule has 138 valence electrons. The summed E-state index contributed by atoms with van der Waals surface area (Å²) >= 11 is 0. The minimum Gasteiger partial charge on any atom is -0.361 e. The van der Waals surface area contributed by atoms with Crippen molar-refractivity contribution in [2.45, 2.75) is 38.3 Å². The summed E-state index contributed by atoms with van der Waals surface area (Å²) in [6.07, 6.45) is 10.4. The van der Waals surface area contributed by atoms with Crippen LogP contribution in [0.3, 0.4) is 0 Å². The molecule has 4 heterocycles. The average Bonchev–Trinajstić information content (AvgIpc) is 3.34. The van der Waals surface area contributed by atoms with Crippen molar-refractivity contribution in [2.24, 2.45) is 0 Å². The SMILES string of the molecule is CN(C)c1cncc(C2CCCN2Cc2ccnc(N3CCCC3)n2)n1. The highest BCUT2D eigenvalue weighted by Crippen LogP contribution is 2.32. The van der Waals surface area contributed by atoms with Crippen molar-refractivity contribution in [3.05, 3.63) is 36.0 Å². The fourth-order valence-electron chi connectivity index (χ4n) is 3.85. The van der Waals surface area contributed by atoms with Gasteiger partial charge >= 0.3 is 0 Å². The lowest BCUT2D eigenvalue weighted by atomic mass is 10.1. The molecule has 7 nitrogen and oxygen atoms in total. The summed E-state index contributed by atoms with van der Waals surface area (Å²) < 4.78 is 0. The first kappa shape index (κ1) is 17.1. The number of rotatable bonds is 5. The van der Waals surface area contributed by atoms with Gasteiger partial charge in [0.2, 0.25) is 5.95 Å². The average molecular weight is 353 g/mol. The Morgan fingerprint density at radius 3 is 2.73 bits per heavy atom. The van der Waals surface area contributed by atoms with Crippen molar-refractivity contribution in [3.8, 4) is 0 Å². The molecule has 4 rings (SSSR count). The van der Waals surface area contributed by atoms with E-state index in [2.05, 4.69) is 19.8 Å². The molecule has 7 heteroatoms. The molecule has 0 aliphatic carbocycles. The molecule has 1 unspecified atom stereocenters. The van der Waals surface area contributed by atoms with Gasteiger partial charge in [0.15, 0.2) is 0 Å². The van der Waals surface area contributed by atoms with E-state index in [1.165, 1.54) is 19.3 Å². The zero-order valence-electron chi connectivity index (χ0n) is 15.7. The van der Waals surface area contributed by atoms with Crippen LogP contribution in [0.15, 0.2) is 24.7 Å². The Hall–Kier alpha value is -2.28. The molecule has 2 aliphatic rings. The molecule has 0 aromatic carbocycles. The number of hydrogen-bond acceptors (Lipinski definition) is 7. The van der Waals surface area contributed by atoms with Gasteiger partial charge in [0.1, 0.15) is 5.82 Å². The van der Waals surface area contributed by atoms with Crippen molar-refractivity contribution in [3.63, 3.8) is 0 Å². The number of anilines is 2. The van der Waals surface area contributed by atoms with E-state index in [4.69, 9.17) is 9.97 Å². The number of nitrogens with zero attached hydrogens (tertiary/aromatic N) is 7. The van der Waals surface area contributed by atoms with Gasteiger partial charge in [-0.2, -0.15) is 0 Å². The zero-order valence-corrected chi connectivity index (χ0v) is 15.7. The van der Waals surface area contributed by atoms with Gasteiger partial charge < -0.3 is 9.80 Å². The van der Waals surface area contributed by atoms with Crippen molar-refractivity contribution in [1.29, 1.82) is 0 Å². The van der Waals surface area contributed by atoms with Gasteiger partial charge in [-0.1, -0.05) is 0 Å². The molecule has 0 radical (unpaired) electrons. The van der Waals surface area contributed by atoms with E-state index in [9.17, 15) is 0 Å². The van der Waals surface area contributed by atoms with E-state index in [-0.39, 0.29) is 0 Å². The van der Waals surface area contributed by atoms with E-state index < -0.39 is 0 Å². The van der Waals surface area contributed by atoms with E-state index in [0.29, 0.717) is 6.04 Å². The predicted molar refractivity (Wildman–Crippen MR) is 102 cm³/mol. The van der Waals surface area contributed by atoms with E-state index in [0.717, 1.165) is 55.8 Å². The van der Waals surface area contributed by atoms with Crippen LogP contribution in [0.25, 0.3) is 0 Å². The minimum absolute atomic E-state index is 0.313. The highest BCUT2D eigenvalue weighted by Gasteiger charge is 2.28. The molecule has 0 bridgehead atoms. The Morgan fingerprint density at radius 1 is 1.08 bits per heavy atom. The third-order valence-electron chi connectivity index (χ3n) is 5.26. The van der Waals surface area contributed by atoms with E-state index >= 15 is 0 Å². The maximum atomic E-state index is 4.82. The Kier molecular flexibility index (Phi) is 4.97. The summed E-state index contributed by atoms with van der Waals surface area (Å²) in [6.45, 7) is 4.05. The van der Waals surface area contributed by atoms with Crippen LogP contribution in [0, 0.1) is 0 Å². The standard InChI is InChI=1S/C19H27N7/c1-24(2)18-13-20-12-16(23-18)17-6-5-11-26(17)14-15-7-8-21-19(22-15)25-9-3-4-10-25/h7-8,12-13,17H,3-6,9-11,14H2,1-2H3. The summed E-state index contributed by atoms with van der Waals surface area (Å²) in [5, 5.41) is 0. The predicted octanol–water partition coefficient (Wildman–Crippen LogP) is 2.27. The zero-order chi connectivity index (χ0) is 17.9. The largest absolute Gasteiger partial charge is 0.361 e. The van der Waals surface area contributed by atoms with Gasteiger partial charge in [-0.3, -0.25) is 9.88 Å². The van der Waals surface area contributed by atoms with Crippen LogP contribution in [0.5, 0.6) is 0 Å². The lowest BCUT2D eigenvalue weighted by Crippen LogP contribution is -2.26. The second kappa shape index (κ2) is 7.53. The second-order valence-electron chi connectivity index (χ2n) is 7.37. The molecule has 0 N–H and O–H groups in total. The number of hydrogen-bond donors (Lipinski definition) is 0. The summed E-state index contributed by atoms with van der Waals surface area (Å²) in [4.78, 5) is 25.3. The Labute approximate surface area is 155 Å². The monoisotopic (exact) mass is 353 g/mol. The minimum atomic E-state index is 0.313. The Morgan fingerprint density at radius 2 is 1.92 bits per heavy atom. The summed E-state index contributed by atoms with van der Waals surface area (Å²) in [7, 11) is 4.00. The molecule has 2 fully saturated rings. The van der Waals surface area contributed by atoms with Crippen LogP contribution in [0.4, 0.5) is 11.8 Å². The smallest absolute Gasteiger partial charge is 0.225 e. The van der Waals surface area contributed by atoms with Crippen LogP contribution < -0.4 is 9.80 Å². The van der Waals surface area contributed by atoms with Gasteiger partial charge in [0, 0.05) is 39.9 Å². The van der Waals surface area contributed by atoms with Gasteiger partial charge in [0.25, 0.3) is 0 Å². The third kappa shape index (κ3) is 3.62. The Balaban J connectivity index is 1.50. The molecular formula is C19H27N7. The van der Waals surface area contributed by atoms with Gasteiger partial charge in [-0.05, 0) is 38.3 Å². The van der Waals surface area contributed by atoms with Crippen molar-refractivity contribution < 1.29 is 0 Å². The maximum Gasteiger partial charge on any atom is 0.225 e. The van der Waals surface area contributed by atoms with Crippen LogP contribution >= 0.6 is 0 Å². The van der Waals surface area contributed by atoms with Gasteiger partial charge in [0.05, 0.1) is 29.8 Å². The number of aromatic nitrogens is 4. The van der Waals surface area contributed by atoms with Crippen LogP contribution in [0.1, 0.15) is 43.1 Å². The molecular weight excluding hydrogens is 326 g/mol. The first-order valence-electron chi connectivity index (χ1n) is 9.51. The molecule has 2 aromatic rings. The normalized spacial score (nSPS) is 20.7. The first-order valence-corrected chi connectivity index (χ1v) is 9.51. The molecule has 0 spiro atoms. The van der Waals surface area contributed by atoms with Crippen LogP contribution in [-0.4, -0.2) is 58.6 Å². The fraction of sp³-hybridized carbons (Fsp3) is 0.579. The molecule has 2 aliphatic heterocycles. The molecule has 2 aromatic heterocycles. The van der Waals surface area contributed by atoms with Gasteiger partial charge in [-0.15, -0.1) is 0 Å². The van der Waals surface area contributed by atoms with Crippen molar-refractivity contribution in [1.82, 2.24) is 24.8 Å². The highest BCUT2D eigenvalue weighted by atomic mass is 15.3. The molecule has 2 saturated heterocycles. The highest BCUT2D eigenvalue weighted by molar-refractivity contribution is 5.34. The maximum absolute atomic E-state index is 4.82. The van der Waals surface area contributed by atoms with E-state index in [1.54, 1.807) is 0 Å². The molecule has 0 amide bonds. The van der Waals surface area contributed by atoms with Gasteiger partial charge in [-0.25, -0.2) is 15.0 Å². The second-order valence-corrected chi connectivity index (χ2v) is 7.37. The number of likely N-dealkylation sites (tertiary alicyclic amines) is 1. The topological polar surface area (TPSA) is 61.3 Å². The van der Waals surface area contributed by atoms with Crippen molar-refractivity contribution in [2.75, 3.05) is 43.5 Å². The molecule has 26 heavy (non-hydrogen) atoms. The summed E-state index contributed by atoms with van der Waals surface area (Å²) in [5.74, 6) is 1.79. The molecule has 1 atom stereocenters. The first-order chi connectivity index (χ1) is 12.7. The summed E-state index contributed by atoms with van der Waals surface area (Å²) in [5.41, 5.74) is 2.15. The van der Waals surface area contributed by atoms with E-state index in [1.807, 2.05) is 43.7 Å². The molecule has 0 saturated carbocycles. The quantitative estimate of drug-likeness (QED) is 0.817. The van der Waals surface area contributed by atoms with Crippen LogP contribution in [-0.2, 0) is 6.54 Å². The van der Waals surface area contributed by atoms with Crippen LogP contribution in [0.2, 0.25) is 0 Å². The fourth-order valence-corrected chi connectivity index (χ4v) is 3.85. The summed E-state index contributed by atoms with van der Waals surface area (Å²) in [6, 6.07) is 2.35. The lowest BCUT2D eigenvalue weighted by molar-refractivity contribution is 0.241. The third-order valence-corrected chi connectivity index (χ3v) is 5.26. The van der Waals surface area contributed by atoms with Crippen molar-refractivity contribution >= 4 is 11.8 Å². The lowest BCUT2D eigenvalue weighted by Gasteiger charge is -2.24. The Bertz CT molecular complexity index is 742.